The molecule has 102 valence electrons. The van der Waals surface area contributed by atoms with Crippen molar-refractivity contribution in [1.82, 2.24) is 10.1 Å². The van der Waals surface area contributed by atoms with Crippen molar-refractivity contribution in [1.29, 1.82) is 0 Å². The Morgan fingerprint density at radius 3 is 2.72 bits per heavy atom. The van der Waals surface area contributed by atoms with E-state index in [-0.39, 0.29) is 17.1 Å². The maximum atomic E-state index is 6.12. The number of nitrogens with zero attached hydrogens (tertiary/aromatic N) is 2. The van der Waals surface area contributed by atoms with Crippen molar-refractivity contribution in [3.05, 3.63) is 11.7 Å². The van der Waals surface area contributed by atoms with Gasteiger partial charge in [0.15, 0.2) is 0 Å². The maximum absolute atomic E-state index is 6.12. The minimum atomic E-state index is -0.381. The van der Waals surface area contributed by atoms with Crippen molar-refractivity contribution in [2.24, 2.45) is 11.1 Å². The second kappa shape index (κ2) is 4.63. The lowest BCUT2D eigenvalue weighted by atomic mass is 9.85. The molecule has 2 rings (SSSR count). The quantitative estimate of drug-likeness (QED) is 0.892. The topological polar surface area (TPSA) is 74.2 Å². The molecule has 1 fully saturated rings. The van der Waals surface area contributed by atoms with Crippen LogP contribution in [0.1, 0.15) is 52.3 Å². The molecule has 0 aromatic carbocycles. The molecule has 2 atom stereocenters. The molecule has 5 heteroatoms. The minimum absolute atomic E-state index is 0.00287. The van der Waals surface area contributed by atoms with Crippen LogP contribution in [-0.2, 0) is 16.8 Å². The van der Waals surface area contributed by atoms with Crippen molar-refractivity contribution < 1.29 is 9.26 Å². The van der Waals surface area contributed by atoms with E-state index in [4.69, 9.17) is 15.0 Å². The van der Waals surface area contributed by atoms with Gasteiger partial charge < -0.3 is 15.0 Å². The number of hydrogen-bond acceptors (Lipinski definition) is 5. The highest BCUT2D eigenvalue weighted by Gasteiger charge is 2.37. The molecule has 2 N–H and O–H groups in total. The zero-order valence-electron chi connectivity index (χ0n) is 11.7. The Kier molecular flexibility index (Phi) is 3.47. The van der Waals surface area contributed by atoms with Gasteiger partial charge in [-0.15, -0.1) is 0 Å². The monoisotopic (exact) mass is 253 g/mol. The van der Waals surface area contributed by atoms with E-state index < -0.39 is 0 Å². The third kappa shape index (κ3) is 2.72. The summed E-state index contributed by atoms with van der Waals surface area (Å²) in [6.07, 6.45) is 2.59. The van der Waals surface area contributed by atoms with Crippen LogP contribution >= 0.6 is 0 Å². The molecule has 0 amide bonds. The van der Waals surface area contributed by atoms with Crippen LogP contribution in [0, 0.1) is 5.41 Å². The van der Waals surface area contributed by atoms with Gasteiger partial charge in [-0.3, -0.25) is 0 Å². The summed E-state index contributed by atoms with van der Waals surface area (Å²) in [6, 6.07) is 0.00287. The van der Waals surface area contributed by atoms with Crippen LogP contribution in [-0.4, -0.2) is 22.8 Å². The third-order valence-corrected chi connectivity index (χ3v) is 3.67. The van der Waals surface area contributed by atoms with Crippen LogP contribution in [0.4, 0.5) is 0 Å². The average Bonchev–Trinajstić information content (AvgIpc) is 2.86. The maximum Gasteiger partial charge on any atom is 0.228 e. The lowest BCUT2D eigenvalue weighted by Gasteiger charge is -2.25. The molecule has 0 saturated carbocycles. The van der Waals surface area contributed by atoms with Gasteiger partial charge >= 0.3 is 0 Å². The molecule has 0 spiro atoms. The molecule has 1 saturated heterocycles. The van der Waals surface area contributed by atoms with Gasteiger partial charge in [-0.2, -0.15) is 4.98 Å². The van der Waals surface area contributed by atoms with Crippen LogP contribution in [0.3, 0.4) is 0 Å². The standard InChI is InChI=1S/C13H23N3O2/c1-12(2,3)9(14)8-10-15-11(16-18-10)13(4)6-5-7-17-13/h9H,5-8,14H2,1-4H3. The average molecular weight is 253 g/mol. The SMILES string of the molecule is CC1(c2noc(CC(N)C(C)(C)C)n2)CCCO1. The molecule has 2 unspecified atom stereocenters. The summed E-state index contributed by atoms with van der Waals surface area (Å²) in [6.45, 7) is 9.10. The lowest BCUT2D eigenvalue weighted by molar-refractivity contribution is 0.00768. The molecule has 0 bridgehead atoms. The summed E-state index contributed by atoms with van der Waals surface area (Å²) in [4.78, 5) is 4.43. The molecule has 1 aliphatic rings. The normalized spacial score (nSPS) is 26.5. The lowest BCUT2D eigenvalue weighted by Crippen LogP contribution is -2.37. The van der Waals surface area contributed by atoms with E-state index in [0.717, 1.165) is 19.4 Å². The second-order valence-corrected chi connectivity index (χ2v) is 6.37. The summed E-state index contributed by atoms with van der Waals surface area (Å²) in [7, 11) is 0. The number of ether oxygens (including phenoxy) is 1. The summed E-state index contributed by atoms with van der Waals surface area (Å²) in [5.41, 5.74) is 5.77. The Balaban J connectivity index is 2.07. The Morgan fingerprint density at radius 1 is 1.44 bits per heavy atom. The Labute approximate surface area is 108 Å². The number of hydrogen-bond donors (Lipinski definition) is 1. The molecule has 1 aromatic rings. The Morgan fingerprint density at radius 2 is 2.17 bits per heavy atom. The summed E-state index contributed by atoms with van der Waals surface area (Å²) >= 11 is 0. The van der Waals surface area contributed by atoms with Gasteiger partial charge in [0.2, 0.25) is 11.7 Å². The molecule has 1 aliphatic heterocycles. The largest absolute Gasteiger partial charge is 0.367 e. The highest BCUT2D eigenvalue weighted by molar-refractivity contribution is 5.02. The molecule has 0 radical (unpaired) electrons. The van der Waals surface area contributed by atoms with Crippen molar-refractivity contribution in [3.8, 4) is 0 Å². The van der Waals surface area contributed by atoms with Crippen molar-refractivity contribution in [3.63, 3.8) is 0 Å². The summed E-state index contributed by atoms with van der Waals surface area (Å²) < 4.78 is 11.0. The van der Waals surface area contributed by atoms with Crippen LogP contribution in [0.15, 0.2) is 4.52 Å². The van der Waals surface area contributed by atoms with Crippen molar-refractivity contribution in [2.45, 2.75) is 58.6 Å². The van der Waals surface area contributed by atoms with E-state index in [1.807, 2.05) is 6.92 Å². The first-order valence-electron chi connectivity index (χ1n) is 6.54. The molecule has 0 aliphatic carbocycles. The smallest absolute Gasteiger partial charge is 0.228 e. The fourth-order valence-electron chi connectivity index (χ4n) is 2.00. The van der Waals surface area contributed by atoms with E-state index in [1.165, 1.54) is 0 Å². The van der Waals surface area contributed by atoms with Crippen LogP contribution < -0.4 is 5.73 Å². The molecule has 2 heterocycles. The molecule has 5 nitrogen and oxygen atoms in total. The second-order valence-electron chi connectivity index (χ2n) is 6.37. The fourth-order valence-corrected chi connectivity index (χ4v) is 2.00. The van der Waals surface area contributed by atoms with Gasteiger partial charge in [-0.1, -0.05) is 25.9 Å². The predicted molar refractivity (Wildman–Crippen MR) is 68.0 cm³/mol. The van der Waals surface area contributed by atoms with E-state index in [1.54, 1.807) is 0 Å². The van der Waals surface area contributed by atoms with Gasteiger partial charge in [0.25, 0.3) is 0 Å². The van der Waals surface area contributed by atoms with Crippen LogP contribution in [0.5, 0.6) is 0 Å². The molecule has 18 heavy (non-hydrogen) atoms. The number of aromatic nitrogens is 2. The highest BCUT2D eigenvalue weighted by atomic mass is 16.5. The highest BCUT2D eigenvalue weighted by Crippen LogP contribution is 2.33. The fraction of sp³-hybridized carbons (Fsp3) is 0.846. The summed E-state index contributed by atoms with van der Waals surface area (Å²) in [5.74, 6) is 1.25. The summed E-state index contributed by atoms with van der Waals surface area (Å²) in [5, 5.41) is 4.04. The van der Waals surface area contributed by atoms with Crippen molar-refractivity contribution >= 4 is 0 Å². The predicted octanol–water partition coefficient (Wildman–Crippen LogP) is 2.01. The van der Waals surface area contributed by atoms with Gasteiger partial charge in [0.1, 0.15) is 5.60 Å². The molecular weight excluding hydrogens is 230 g/mol. The first-order valence-corrected chi connectivity index (χ1v) is 6.54. The minimum Gasteiger partial charge on any atom is -0.367 e. The van der Waals surface area contributed by atoms with E-state index in [2.05, 4.69) is 30.9 Å². The molecular formula is C13H23N3O2. The van der Waals surface area contributed by atoms with E-state index in [9.17, 15) is 0 Å². The Hall–Kier alpha value is -0.940. The van der Waals surface area contributed by atoms with Crippen LogP contribution in [0.2, 0.25) is 0 Å². The van der Waals surface area contributed by atoms with E-state index >= 15 is 0 Å². The van der Waals surface area contributed by atoms with Crippen LogP contribution in [0.25, 0.3) is 0 Å². The zero-order valence-corrected chi connectivity index (χ0v) is 11.7. The Bertz CT molecular complexity index is 403. The van der Waals surface area contributed by atoms with Gasteiger partial charge in [-0.05, 0) is 25.2 Å². The van der Waals surface area contributed by atoms with Crippen molar-refractivity contribution in [2.75, 3.05) is 6.61 Å². The van der Waals surface area contributed by atoms with Gasteiger partial charge in [-0.25, -0.2) is 0 Å². The first-order chi connectivity index (χ1) is 8.31. The van der Waals surface area contributed by atoms with E-state index in [0.29, 0.717) is 18.1 Å². The first kappa shape index (κ1) is 13.5. The zero-order chi connectivity index (χ0) is 13.4. The number of rotatable bonds is 3. The van der Waals surface area contributed by atoms with Gasteiger partial charge in [0, 0.05) is 19.1 Å². The van der Waals surface area contributed by atoms with Gasteiger partial charge in [0.05, 0.1) is 0 Å². The third-order valence-electron chi connectivity index (χ3n) is 3.67. The number of nitrogens with two attached hydrogens (primary N) is 1. The molecule has 1 aromatic heterocycles.